The molecule has 0 spiro atoms. The molecule has 0 aromatic heterocycles. The van der Waals surface area contributed by atoms with Crippen LogP contribution >= 0.6 is 0 Å². The van der Waals surface area contributed by atoms with Crippen molar-refractivity contribution in [1.82, 2.24) is 5.32 Å². The maximum Gasteiger partial charge on any atom is 0.258 e. The molecule has 0 saturated carbocycles. The van der Waals surface area contributed by atoms with Crippen molar-refractivity contribution in [2.24, 2.45) is 0 Å². The lowest BCUT2D eigenvalue weighted by Crippen LogP contribution is -2.13. The lowest BCUT2D eigenvalue weighted by Gasteiger charge is -2.14. The first kappa shape index (κ1) is 20.7. The number of hydrogen-bond donors (Lipinski definition) is 3. The largest absolute Gasteiger partial charge is 0.493 e. The minimum absolute atomic E-state index is 0.125. The number of rotatable bonds is 9. The van der Waals surface area contributed by atoms with Crippen LogP contribution in [0.5, 0.6) is 11.5 Å². The summed E-state index contributed by atoms with van der Waals surface area (Å²) in [6.07, 6.45) is 1.81. The third-order valence-electron chi connectivity index (χ3n) is 4.93. The van der Waals surface area contributed by atoms with Crippen LogP contribution in [-0.4, -0.2) is 26.7 Å². The van der Waals surface area contributed by atoms with Gasteiger partial charge in [-0.05, 0) is 43.1 Å². The highest BCUT2D eigenvalue weighted by atomic mass is 16.5. The molecule has 0 atom stereocenters. The van der Waals surface area contributed by atoms with E-state index in [0.29, 0.717) is 23.5 Å². The first-order valence-corrected chi connectivity index (χ1v) is 9.98. The molecule has 6 nitrogen and oxygen atoms in total. The highest BCUT2D eigenvalue weighted by Gasteiger charge is 2.29. The monoisotopic (exact) mass is 395 g/mol. The third-order valence-corrected chi connectivity index (χ3v) is 4.93. The van der Waals surface area contributed by atoms with Crippen LogP contribution < -0.4 is 25.4 Å². The Morgan fingerprint density at radius 2 is 1.72 bits per heavy atom. The summed E-state index contributed by atoms with van der Waals surface area (Å²) in [6.45, 7) is 6.05. The van der Waals surface area contributed by atoms with Crippen LogP contribution in [0.3, 0.4) is 0 Å². The van der Waals surface area contributed by atoms with Gasteiger partial charge in [0.1, 0.15) is 0 Å². The topological polar surface area (TPSA) is 71.6 Å². The number of hydrogen-bond acceptors (Lipinski definition) is 5. The summed E-state index contributed by atoms with van der Waals surface area (Å²) in [5.41, 5.74) is 5.23. The van der Waals surface area contributed by atoms with Crippen molar-refractivity contribution in [1.29, 1.82) is 0 Å². The van der Waals surface area contributed by atoms with Crippen molar-refractivity contribution in [3.05, 3.63) is 53.2 Å². The summed E-state index contributed by atoms with van der Waals surface area (Å²) in [5, 5.41) is 9.76. The van der Waals surface area contributed by atoms with Crippen LogP contribution in [0.2, 0.25) is 0 Å². The summed E-state index contributed by atoms with van der Waals surface area (Å²) in [7, 11) is 3.17. The van der Waals surface area contributed by atoms with E-state index in [4.69, 9.17) is 9.47 Å². The van der Waals surface area contributed by atoms with E-state index >= 15 is 0 Å². The molecule has 0 radical (unpaired) electrons. The number of benzene rings is 2. The summed E-state index contributed by atoms with van der Waals surface area (Å²) in [6, 6.07) is 11.9. The first-order valence-electron chi connectivity index (χ1n) is 9.98. The quantitative estimate of drug-likeness (QED) is 0.434. The van der Waals surface area contributed by atoms with Crippen LogP contribution in [0.25, 0.3) is 5.57 Å². The molecule has 3 N–H and O–H groups in total. The average Bonchev–Trinajstić information content (AvgIpc) is 3.06. The van der Waals surface area contributed by atoms with E-state index in [1.54, 1.807) is 20.3 Å². The van der Waals surface area contributed by atoms with E-state index in [1.165, 1.54) is 5.56 Å². The van der Waals surface area contributed by atoms with Crippen molar-refractivity contribution in [2.45, 2.75) is 33.2 Å². The van der Waals surface area contributed by atoms with Gasteiger partial charge in [-0.2, -0.15) is 0 Å². The van der Waals surface area contributed by atoms with E-state index in [0.717, 1.165) is 42.1 Å². The number of nitrogens with one attached hydrogen (secondary N) is 3. The van der Waals surface area contributed by atoms with Crippen molar-refractivity contribution in [3.63, 3.8) is 0 Å². The molecule has 1 aliphatic rings. The van der Waals surface area contributed by atoms with Gasteiger partial charge in [-0.15, -0.1) is 0 Å². The number of anilines is 2. The predicted molar refractivity (Wildman–Crippen MR) is 117 cm³/mol. The minimum atomic E-state index is -0.125. The van der Waals surface area contributed by atoms with E-state index in [9.17, 15) is 4.79 Å². The number of carbonyl (C=O) groups excluding carboxylic acids is 1. The number of allylic oxidation sites excluding steroid dienone is 1. The number of fused-ring (bicyclic) bond motifs is 1. The zero-order valence-corrected chi connectivity index (χ0v) is 17.5. The van der Waals surface area contributed by atoms with Crippen LogP contribution in [0.1, 0.15) is 37.8 Å². The molecule has 154 valence electrons. The van der Waals surface area contributed by atoms with Gasteiger partial charge in [-0.25, -0.2) is 0 Å². The van der Waals surface area contributed by atoms with Crippen LogP contribution in [-0.2, 0) is 11.3 Å². The summed E-state index contributed by atoms with van der Waals surface area (Å²) < 4.78 is 10.8. The molecule has 6 heteroatoms. The Morgan fingerprint density at radius 3 is 2.34 bits per heavy atom. The van der Waals surface area contributed by atoms with Crippen LogP contribution in [0, 0.1) is 0 Å². The average molecular weight is 396 g/mol. The fraction of sp³-hybridized carbons (Fsp3) is 0.348. The standard InChI is InChI=1S/C23H29N3O3/c1-5-11-24-14-15-7-9-16(10-8-15)25-18(6-2)22-17-12-20(28-3)21(29-4)13-19(17)26-23(22)27/h7-10,12-13,24-25H,5-6,11,14H2,1-4H3,(H,26,27)/b22-18-. The Labute approximate surface area is 172 Å². The maximum atomic E-state index is 12.7. The highest BCUT2D eigenvalue weighted by molar-refractivity contribution is 6.32. The van der Waals surface area contributed by atoms with E-state index < -0.39 is 0 Å². The van der Waals surface area contributed by atoms with Gasteiger partial charge in [0.2, 0.25) is 0 Å². The summed E-state index contributed by atoms with van der Waals surface area (Å²) in [5.74, 6) is 1.06. The van der Waals surface area contributed by atoms with Crippen molar-refractivity contribution in [2.75, 3.05) is 31.4 Å². The fourth-order valence-electron chi connectivity index (χ4n) is 3.41. The molecular formula is C23H29N3O3. The lowest BCUT2D eigenvalue weighted by atomic mass is 10.0. The predicted octanol–water partition coefficient (Wildman–Crippen LogP) is 4.39. The van der Waals surface area contributed by atoms with E-state index in [-0.39, 0.29) is 5.91 Å². The Balaban J connectivity index is 1.88. The van der Waals surface area contributed by atoms with Crippen LogP contribution in [0.4, 0.5) is 11.4 Å². The Morgan fingerprint density at radius 1 is 1.03 bits per heavy atom. The molecule has 2 aromatic rings. The number of amides is 1. The zero-order valence-electron chi connectivity index (χ0n) is 17.5. The number of methoxy groups -OCH3 is 2. The fourth-order valence-corrected chi connectivity index (χ4v) is 3.41. The molecule has 29 heavy (non-hydrogen) atoms. The second kappa shape index (κ2) is 9.47. The summed E-state index contributed by atoms with van der Waals surface area (Å²) in [4.78, 5) is 12.7. The number of ether oxygens (including phenoxy) is 2. The van der Waals surface area contributed by atoms with E-state index in [1.807, 2.05) is 25.1 Å². The van der Waals surface area contributed by atoms with Crippen molar-refractivity contribution in [3.8, 4) is 11.5 Å². The maximum absolute atomic E-state index is 12.7. The van der Waals surface area contributed by atoms with Gasteiger partial charge in [0.15, 0.2) is 11.5 Å². The summed E-state index contributed by atoms with van der Waals surface area (Å²) >= 11 is 0. The molecule has 0 bridgehead atoms. The smallest absolute Gasteiger partial charge is 0.258 e. The van der Waals surface area contributed by atoms with Gasteiger partial charge >= 0.3 is 0 Å². The van der Waals surface area contributed by atoms with Gasteiger partial charge < -0.3 is 25.4 Å². The van der Waals surface area contributed by atoms with Gasteiger partial charge in [0.25, 0.3) is 5.91 Å². The molecule has 1 heterocycles. The highest BCUT2D eigenvalue weighted by Crippen LogP contribution is 2.42. The van der Waals surface area contributed by atoms with E-state index in [2.05, 4.69) is 35.0 Å². The van der Waals surface area contributed by atoms with Crippen molar-refractivity contribution < 1.29 is 14.3 Å². The second-order valence-electron chi connectivity index (χ2n) is 6.91. The van der Waals surface area contributed by atoms with Gasteiger partial charge in [0.05, 0.1) is 25.5 Å². The Hall–Kier alpha value is -2.99. The normalized spacial score (nSPS) is 14.3. The van der Waals surface area contributed by atoms with Gasteiger partial charge in [-0.3, -0.25) is 4.79 Å². The molecule has 1 aliphatic heterocycles. The molecule has 2 aromatic carbocycles. The molecule has 0 saturated heterocycles. The molecule has 0 unspecified atom stereocenters. The second-order valence-corrected chi connectivity index (χ2v) is 6.91. The lowest BCUT2D eigenvalue weighted by molar-refractivity contribution is -0.110. The zero-order chi connectivity index (χ0) is 20.8. The van der Waals surface area contributed by atoms with Crippen LogP contribution in [0.15, 0.2) is 42.1 Å². The van der Waals surface area contributed by atoms with Gasteiger partial charge in [0, 0.05) is 29.6 Å². The molecular weight excluding hydrogens is 366 g/mol. The van der Waals surface area contributed by atoms with Gasteiger partial charge in [-0.1, -0.05) is 26.0 Å². The molecule has 0 aliphatic carbocycles. The minimum Gasteiger partial charge on any atom is -0.493 e. The third kappa shape index (κ3) is 4.54. The molecule has 3 rings (SSSR count). The van der Waals surface area contributed by atoms with Crippen molar-refractivity contribution >= 4 is 22.9 Å². The number of carbonyl (C=O) groups is 1. The molecule has 0 fully saturated rings. The Kier molecular flexibility index (Phi) is 6.77. The SMILES string of the molecule is CCCNCc1ccc(N/C(CC)=C2\C(=O)Nc3cc(OC)c(OC)cc32)cc1. The first-order chi connectivity index (χ1) is 14.1. The Bertz CT molecular complexity index is 904. The molecule has 1 amide bonds.